The third kappa shape index (κ3) is 2.99. The molecular weight excluding hydrogens is 318 g/mol. The predicted octanol–water partition coefficient (Wildman–Crippen LogP) is 1.39. The van der Waals surface area contributed by atoms with E-state index >= 15 is 0 Å². The number of nitrogen functional groups attached to an aromatic ring is 2. The third-order valence-electron chi connectivity index (χ3n) is 1.87. The molecule has 0 fully saturated rings. The molecule has 0 spiro atoms. The lowest BCUT2D eigenvalue weighted by Gasteiger charge is -2.05. The fraction of sp³-hybridized carbons (Fsp3) is 0.111. The zero-order valence-corrected chi connectivity index (χ0v) is 11.8. The van der Waals surface area contributed by atoms with E-state index in [-0.39, 0.29) is 0 Å². The molecule has 9 heteroatoms. The highest BCUT2D eigenvalue weighted by molar-refractivity contribution is 9.10. The van der Waals surface area contributed by atoms with Crippen molar-refractivity contribution < 1.29 is 0 Å². The van der Waals surface area contributed by atoms with E-state index in [1.807, 2.05) is 0 Å². The lowest BCUT2D eigenvalue weighted by Crippen LogP contribution is -2.00. The van der Waals surface area contributed by atoms with E-state index in [9.17, 15) is 0 Å². The fourth-order valence-corrected chi connectivity index (χ4v) is 2.33. The second kappa shape index (κ2) is 5.36. The molecule has 0 bridgehead atoms. The molecule has 0 aliphatic rings. The van der Waals surface area contributed by atoms with Gasteiger partial charge in [0.15, 0.2) is 5.16 Å². The molecule has 0 unspecified atom stereocenters. The zero-order chi connectivity index (χ0) is 13.1. The van der Waals surface area contributed by atoms with Crippen molar-refractivity contribution in [3.63, 3.8) is 0 Å². The minimum atomic E-state index is 0.323. The number of nitrogens with zero attached hydrogens (tertiary/aromatic N) is 4. The van der Waals surface area contributed by atoms with E-state index in [2.05, 4.69) is 41.2 Å². The first kappa shape index (κ1) is 12.8. The molecule has 2 aromatic rings. The lowest BCUT2D eigenvalue weighted by atomic mass is 10.5. The maximum absolute atomic E-state index is 5.61. The quantitative estimate of drug-likeness (QED) is 0.572. The van der Waals surface area contributed by atoms with E-state index in [4.69, 9.17) is 11.5 Å². The van der Waals surface area contributed by atoms with Crippen LogP contribution in [0.25, 0.3) is 0 Å². The summed E-state index contributed by atoms with van der Waals surface area (Å²) in [5.41, 5.74) is 11.2. The molecular formula is C9H10BrN7S. The van der Waals surface area contributed by atoms with E-state index in [1.165, 1.54) is 17.8 Å². The van der Waals surface area contributed by atoms with Crippen LogP contribution in [0.4, 0.5) is 17.6 Å². The van der Waals surface area contributed by atoms with E-state index < -0.39 is 0 Å². The van der Waals surface area contributed by atoms with Gasteiger partial charge < -0.3 is 16.8 Å². The molecule has 0 aliphatic heterocycles. The molecule has 0 atom stereocenters. The van der Waals surface area contributed by atoms with Gasteiger partial charge in [-0.2, -0.15) is 0 Å². The van der Waals surface area contributed by atoms with Crippen LogP contribution >= 0.6 is 27.7 Å². The second-order valence-electron chi connectivity index (χ2n) is 3.20. The highest BCUT2D eigenvalue weighted by Crippen LogP contribution is 2.30. The van der Waals surface area contributed by atoms with Gasteiger partial charge in [-0.1, -0.05) is 0 Å². The largest absolute Gasteiger partial charge is 0.383 e. The van der Waals surface area contributed by atoms with E-state index in [0.717, 1.165) is 4.47 Å². The summed E-state index contributed by atoms with van der Waals surface area (Å²) in [4.78, 5) is 16.5. The molecule has 2 rings (SSSR count). The summed E-state index contributed by atoms with van der Waals surface area (Å²) in [6, 6.07) is 1.50. The lowest BCUT2D eigenvalue weighted by molar-refractivity contribution is 0.966. The van der Waals surface area contributed by atoms with Gasteiger partial charge in [-0.05, 0) is 27.7 Å². The van der Waals surface area contributed by atoms with Gasteiger partial charge in [0, 0.05) is 19.3 Å². The van der Waals surface area contributed by atoms with Gasteiger partial charge in [-0.15, -0.1) is 0 Å². The Kier molecular flexibility index (Phi) is 3.82. The van der Waals surface area contributed by atoms with Crippen LogP contribution in [0.2, 0.25) is 0 Å². The molecule has 0 saturated carbocycles. The van der Waals surface area contributed by atoms with Crippen LogP contribution in [0.15, 0.2) is 26.9 Å². The number of nitrogens with two attached hydrogens (primary N) is 2. The number of anilines is 3. The number of halogens is 1. The molecule has 2 aromatic heterocycles. The topological polar surface area (TPSA) is 116 Å². The maximum atomic E-state index is 5.61. The maximum Gasteiger partial charge on any atom is 0.223 e. The molecule has 0 amide bonds. The SMILES string of the molecule is CNc1ncc(Br)c(Sc2nc(N)cc(N)n2)n1. The van der Waals surface area contributed by atoms with Crippen molar-refractivity contribution >= 4 is 45.3 Å². The molecule has 7 nitrogen and oxygen atoms in total. The van der Waals surface area contributed by atoms with Crippen molar-refractivity contribution in [2.45, 2.75) is 10.2 Å². The average molecular weight is 328 g/mol. The Labute approximate surface area is 116 Å². The third-order valence-corrected chi connectivity index (χ3v) is 3.58. The fourth-order valence-electron chi connectivity index (χ4n) is 1.14. The summed E-state index contributed by atoms with van der Waals surface area (Å²) >= 11 is 4.61. The Hall–Kier alpha value is -1.61. The van der Waals surface area contributed by atoms with Crippen LogP contribution in [0.1, 0.15) is 0 Å². The zero-order valence-electron chi connectivity index (χ0n) is 9.38. The Morgan fingerprint density at radius 1 is 1.22 bits per heavy atom. The molecule has 0 radical (unpaired) electrons. The number of nitrogens with one attached hydrogen (secondary N) is 1. The Morgan fingerprint density at radius 3 is 2.50 bits per heavy atom. The van der Waals surface area contributed by atoms with Gasteiger partial charge in [-0.25, -0.2) is 19.9 Å². The minimum Gasteiger partial charge on any atom is -0.383 e. The van der Waals surface area contributed by atoms with Gasteiger partial charge in [0.25, 0.3) is 0 Å². The number of aromatic nitrogens is 4. The molecule has 0 aromatic carbocycles. The van der Waals surface area contributed by atoms with Crippen molar-refractivity contribution in [1.29, 1.82) is 0 Å². The van der Waals surface area contributed by atoms with Crippen LogP contribution in [-0.4, -0.2) is 27.0 Å². The average Bonchev–Trinajstić information content (AvgIpc) is 2.30. The molecule has 5 N–H and O–H groups in total. The van der Waals surface area contributed by atoms with Crippen molar-refractivity contribution in [3.8, 4) is 0 Å². The van der Waals surface area contributed by atoms with Crippen LogP contribution in [-0.2, 0) is 0 Å². The summed E-state index contributed by atoms with van der Waals surface area (Å²) in [7, 11) is 1.74. The molecule has 2 heterocycles. The van der Waals surface area contributed by atoms with E-state index in [0.29, 0.717) is 27.8 Å². The van der Waals surface area contributed by atoms with Crippen molar-refractivity contribution in [1.82, 2.24) is 19.9 Å². The van der Waals surface area contributed by atoms with Gasteiger partial charge in [0.1, 0.15) is 16.7 Å². The van der Waals surface area contributed by atoms with Crippen LogP contribution in [0, 0.1) is 0 Å². The highest BCUT2D eigenvalue weighted by atomic mass is 79.9. The standard InChI is InChI=1S/C9H10BrN7S/c1-13-8-14-3-4(10)7(17-8)18-9-15-5(11)2-6(12)16-9/h2-3H,1H3,(H,13,14,17)(H4,11,12,15,16). The summed E-state index contributed by atoms with van der Waals surface area (Å²) in [6.07, 6.45) is 1.65. The van der Waals surface area contributed by atoms with Gasteiger partial charge in [0.2, 0.25) is 5.95 Å². The normalized spacial score (nSPS) is 10.3. The van der Waals surface area contributed by atoms with Crippen LogP contribution in [0.3, 0.4) is 0 Å². The predicted molar refractivity (Wildman–Crippen MR) is 74.3 cm³/mol. The summed E-state index contributed by atoms with van der Waals surface area (Å²) in [6.45, 7) is 0. The number of hydrogen-bond donors (Lipinski definition) is 3. The minimum absolute atomic E-state index is 0.323. The highest BCUT2D eigenvalue weighted by Gasteiger charge is 2.09. The first-order valence-corrected chi connectivity index (χ1v) is 6.47. The Balaban J connectivity index is 2.33. The van der Waals surface area contributed by atoms with Crippen LogP contribution < -0.4 is 16.8 Å². The van der Waals surface area contributed by atoms with E-state index in [1.54, 1.807) is 13.2 Å². The van der Waals surface area contributed by atoms with Gasteiger partial charge >= 0.3 is 0 Å². The summed E-state index contributed by atoms with van der Waals surface area (Å²) in [5, 5.41) is 3.98. The first-order chi connectivity index (χ1) is 8.58. The van der Waals surface area contributed by atoms with Crippen LogP contribution in [0.5, 0.6) is 0 Å². The molecule has 94 valence electrons. The molecule has 0 aliphatic carbocycles. The first-order valence-electron chi connectivity index (χ1n) is 4.86. The van der Waals surface area contributed by atoms with Gasteiger partial charge in [0.05, 0.1) is 4.47 Å². The Morgan fingerprint density at radius 2 is 1.89 bits per heavy atom. The number of rotatable bonds is 3. The van der Waals surface area contributed by atoms with Crippen molar-refractivity contribution in [2.24, 2.45) is 0 Å². The smallest absolute Gasteiger partial charge is 0.223 e. The summed E-state index contributed by atoms with van der Waals surface area (Å²) in [5.74, 6) is 1.16. The molecule has 0 saturated heterocycles. The number of hydrogen-bond acceptors (Lipinski definition) is 8. The second-order valence-corrected chi connectivity index (χ2v) is 5.01. The Bertz CT molecular complexity index is 557. The van der Waals surface area contributed by atoms with Crippen molar-refractivity contribution in [3.05, 3.63) is 16.7 Å². The van der Waals surface area contributed by atoms with Crippen molar-refractivity contribution in [2.75, 3.05) is 23.8 Å². The molecule has 18 heavy (non-hydrogen) atoms. The summed E-state index contributed by atoms with van der Waals surface area (Å²) < 4.78 is 0.746. The monoisotopic (exact) mass is 327 g/mol. The van der Waals surface area contributed by atoms with Gasteiger partial charge in [-0.3, -0.25) is 0 Å².